The van der Waals surface area contributed by atoms with Gasteiger partial charge in [0.1, 0.15) is 0 Å². The van der Waals surface area contributed by atoms with Crippen LogP contribution in [-0.2, 0) is 30.7 Å². The Kier molecular flexibility index (Phi) is 25.2. The summed E-state index contributed by atoms with van der Waals surface area (Å²) in [5.74, 6) is 0. The first-order chi connectivity index (χ1) is 1.73. The van der Waals surface area contributed by atoms with Crippen LogP contribution in [-0.4, -0.2) is 36.5 Å². The van der Waals surface area contributed by atoms with Crippen molar-refractivity contribution in [1.29, 1.82) is 0 Å². The van der Waals surface area contributed by atoms with Gasteiger partial charge in [0, 0.05) is 36.5 Å². The minimum Gasteiger partial charge on any atom is -0.672 e. The Labute approximate surface area is 75.9 Å². The standard InChI is InChI=1S/O3Si.Pb.Zr/c1-4(2)3;;/q-2;;+2. The van der Waals surface area contributed by atoms with E-state index < -0.39 is 9.17 Å². The summed E-state index contributed by atoms with van der Waals surface area (Å²) in [5.41, 5.74) is 0. The normalized spacial score (nSPS) is 4.00. The zero-order chi connectivity index (χ0) is 3.58. The van der Waals surface area contributed by atoms with E-state index in [1.54, 1.807) is 0 Å². The molecule has 0 saturated heterocycles. The zero-order valence-corrected chi connectivity index (χ0v) is 10.1. The van der Waals surface area contributed by atoms with Crippen LogP contribution in [0.25, 0.3) is 0 Å². The van der Waals surface area contributed by atoms with Crippen LogP contribution in [0.2, 0.25) is 0 Å². The summed E-state index contributed by atoms with van der Waals surface area (Å²) in [5, 5.41) is 0. The Balaban J connectivity index is -0.0000000450. The maximum absolute atomic E-state index is 8.52. The second-order valence-electron chi connectivity index (χ2n) is 0.250. The fourth-order valence-corrected chi connectivity index (χ4v) is 0. The molecule has 0 saturated carbocycles. The summed E-state index contributed by atoms with van der Waals surface area (Å²) in [7, 11) is -3.63. The van der Waals surface area contributed by atoms with E-state index in [1.165, 1.54) is 0 Å². The van der Waals surface area contributed by atoms with Crippen molar-refractivity contribution < 1.29 is 40.3 Å². The molecule has 0 unspecified atom stereocenters. The quantitative estimate of drug-likeness (QED) is 0.418. The average Bonchev–Trinajstić information content (AvgIpc) is 0.811. The fourth-order valence-electron chi connectivity index (χ4n) is 0. The van der Waals surface area contributed by atoms with E-state index in [4.69, 9.17) is 14.1 Å². The topological polar surface area (TPSA) is 63.2 Å². The molecule has 0 amide bonds. The molecule has 0 spiro atoms. The number of hydrogen-bond donors (Lipinski definition) is 0. The van der Waals surface area contributed by atoms with E-state index in [-0.39, 0.29) is 53.5 Å². The number of hydrogen-bond acceptors (Lipinski definition) is 3. The van der Waals surface area contributed by atoms with E-state index >= 15 is 0 Å². The summed E-state index contributed by atoms with van der Waals surface area (Å²) < 4.78 is 8.52. The van der Waals surface area contributed by atoms with Crippen LogP contribution in [0.15, 0.2) is 0 Å². The van der Waals surface area contributed by atoms with Crippen molar-refractivity contribution in [1.82, 2.24) is 0 Å². The smallest absolute Gasteiger partial charge is 0.672 e. The maximum atomic E-state index is 8.52. The van der Waals surface area contributed by atoms with E-state index in [0.717, 1.165) is 0 Å². The van der Waals surface area contributed by atoms with Crippen molar-refractivity contribution in [3.05, 3.63) is 0 Å². The molecule has 0 N–H and O–H groups in total. The first-order valence-electron chi connectivity index (χ1n) is 0.612. The van der Waals surface area contributed by atoms with E-state index in [0.29, 0.717) is 0 Å². The van der Waals surface area contributed by atoms with Gasteiger partial charge in [-0.05, 0) is 0 Å². The predicted molar refractivity (Wildman–Crippen MR) is 12.2 cm³/mol. The van der Waals surface area contributed by atoms with E-state index in [2.05, 4.69) is 0 Å². The molecule has 0 aliphatic carbocycles. The largest absolute Gasteiger partial charge is 2.00 e. The third-order valence-electron chi connectivity index (χ3n) is 0. The average molecular weight is 375 g/mol. The summed E-state index contributed by atoms with van der Waals surface area (Å²) in [6.07, 6.45) is 0. The van der Waals surface area contributed by atoms with Crippen molar-refractivity contribution in [2.45, 2.75) is 0 Å². The molecule has 0 aromatic heterocycles. The minimum absolute atomic E-state index is 0. The summed E-state index contributed by atoms with van der Waals surface area (Å²) in [6, 6.07) is 0. The molecule has 3 nitrogen and oxygen atoms in total. The Morgan fingerprint density at radius 2 is 1.33 bits per heavy atom. The van der Waals surface area contributed by atoms with Gasteiger partial charge >= 0.3 is 26.2 Å². The molecule has 30 valence electrons. The molecule has 0 fully saturated rings. The zero-order valence-electron chi connectivity index (χ0n) is 2.72. The Morgan fingerprint density at radius 1 is 1.33 bits per heavy atom. The fraction of sp³-hybridized carbons (Fsp3) is 0. The van der Waals surface area contributed by atoms with E-state index in [1.807, 2.05) is 0 Å². The molecule has 0 aromatic rings. The summed E-state index contributed by atoms with van der Waals surface area (Å²) in [4.78, 5) is 17.0. The van der Waals surface area contributed by atoms with Crippen molar-refractivity contribution in [2.24, 2.45) is 0 Å². The molecular formula is O3PbSiZr. The molecule has 6 heteroatoms. The third-order valence-corrected chi connectivity index (χ3v) is 0. The second-order valence-corrected chi connectivity index (χ2v) is 0.750. The van der Waals surface area contributed by atoms with Gasteiger partial charge in [-0.15, -0.1) is 0 Å². The Hall–Kier alpha value is 1.42. The summed E-state index contributed by atoms with van der Waals surface area (Å²) >= 11 is 0. The minimum atomic E-state index is -3.63. The van der Waals surface area contributed by atoms with Gasteiger partial charge in [0.2, 0.25) is 0 Å². The monoisotopic (exact) mass is 374 g/mol. The first kappa shape index (κ1) is 15.7. The van der Waals surface area contributed by atoms with Crippen LogP contribution in [0.5, 0.6) is 0 Å². The van der Waals surface area contributed by atoms with Gasteiger partial charge in [-0.2, -0.15) is 0 Å². The van der Waals surface area contributed by atoms with Gasteiger partial charge in [-0.1, -0.05) is 0 Å². The van der Waals surface area contributed by atoms with Gasteiger partial charge in [0.25, 0.3) is 0 Å². The van der Waals surface area contributed by atoms with Crippen molar-refractivity contribution >= 4 is 36.5 Å². The third kappa shape index (κ3) is 52.4. The maximum Gasteiger partial charge on any atom is 2.00 e. The second kappa shape index (κ2) is 9.66. The molecular weight excluding hydrogens is 375 g/mol. The van der Waals surface area contributed by atoms with Crippen LogP contribution in [0, 0.1) is 0 Å². The molecule has 0 aliphatic heterocycles. The molecule has 0 heterocycles. The van der Waals surface area contributed by atoms with Crippen LogP contribution in [0.1, 0.15) is 0 Å². The van der Waals surface area contributed by atoms with Gasteiger partial charge in [-0.25, -0.2) is 0 Å². The molecule has 6 heavy (non-hydrogen) atoms. The number of rotatable bonds is 0. The summed E-state index contributed by atoms with van der Waals surface area (Å²) in [6.45, 7) is 0. The predicted octanol–water partition coefficient (Wildman–Crippen LogP) is -3.26. The van der Waals surface area contributed by atoms with Gasteiger partial charge in [0.15, 0.2) is 0 Å². The SMILES string of the molecule is O=[Si]([O-])[O-].[Pb].[Zr+2]. The van der Waals surface area contributed by atoms with Crippen LogP contribution in [0.4, 0.5) is 0 Å². The van der Waals surface area contributed by atoms with Crippen LogP contribution < -0.4 is 9.59 Å². The molecule has 0 aliphatic rings. The molecule has 0 atom stereocenters. The molecule has 0 aromatic carbocycles. The van der Waals surface area contributed by atoms with Gasteiger partial charge in [0.05, 0.1) is 0 Å². The van der Waals surface area contributed by atoms with E-state index in [9.17, 15) is 0 Å². The van der Waals surface area contributed by atoms with Crippen molar-refractivity contribution in [2.75, 3.05) is 0 Å². The van der Waals surface area contributed by atoms with Crippen LogP contribution >= 0.6 is 0 Å². The Bertz CT molecular complexity index is 33.8. The van der Waals surface area contributed by atoms with Gasteiger partial charge in [-0.3, -0.25) is 0 Å². The van der Waals surface area contributed by atoms with Crippen molar-refractivity contribution in [3.8, 4) is 0 Å². The van der Waals surface area contributed by atoms with Crippen molar-refractivity contribution in [3.63, 3.8) is 0 Å². The first-order valence-corrected chi connectivity index (χ1v) is 1.84. The van der Waals surface area contributed by atoms with Crippen LogP contribution in [0.3, 0.4) is 0 Å². The Morgan fingerprint density at radius 3 is 1.33 bits per heavy atom. The molecule has 0 bridgehead atoms. The van der Waals surface area contributed by atoms with Gasteiger partial charge < -0.3 is 14.1 Å². The molecule has 4 radical (unpaired) electrons. The molecule has 0 rings (SSSR count).